The molecule has 0 N–H and O–H groups in total. The van der Waals surface area contributed by atoms with Crippen molar-refractivity contribution in [1.82, 2.24) is 9.78 Å². The Morgan fingerprint density at radius 2 is 1.67 bits per heavy atom. The lowest BCUT2D eigenvalue weighted by Crippen LogP contribution is -2.31. The maximum atomic E-state index is 14.0. The predicted octanol–water partition coefficient (Wildman–Crippen LogP) is 4.34. The van der Waals surface area contributed by atoms with Gasteiger partial charge in [0.25, 0.3) is 5.56 Å². The van der Waals surface area contributed by atoms with E-state index in [1.54, 1.807) is 0 Å². The van der Waals surface area contributed by atoms with Crippen LogP contribution >= 0.6 is 11.6 Å². The summed E-state index contributed by atoms with van der Waals surface area (Å²) in [4.78, 5) is 12.8. The highest BCUT2D eigenvalue weighted by Gasteiger charge is 2.30. The number of nitrogens with zero attached hydrogens (tertiary/aromatic N) is 2. The van der Waals surface area contributed by atoms with Gasteiger partial charge in [0.2, 0.25) is 0 Å². The SMILES string of the molecule is CS(=O)(=O)c1ccc(-c2cnn(CC(F)(F)F)c(=O)c2-c2ccc(Cl)c(F)c2)cc1. The number of alkyl halides is 3. The lowest BCUT2D eigenvalue weighted by Gasteiger charge is -2.14. The molecular formula is C19H13ClF4N2O3S. The van der Waals surface area contributed by atoms with Gasteiger partial charge in [0.05, 0.1) is 21.7 Å². The van der Waals surface area contributed by atoms with Crippen LogP contribution in [-0.2, 0) is 16.4 Å². The molecule has 11 heteroatoms. The third kappa shape index (κ3) is 4.71. The summed E-state index contributed by atoms with van der Waals surface area (Å²) >= 11 is 5.67. The minimum Gasteiger partial charge on any atom is -0.267 e. The van der Waals surface area contributed by atoms with Gasteiger partial charge < -0.3 is 0 Å². The quantitative estimate of drug-likeness (QED) is 0.543. The molecule has 0 aliphatic carbocycles. The normalized spacial score (nSPS) is 12.2. The van der Waals surface area contributed by atoms with Crippen molar-refractivity contribution in [2.45, 2.75) is 17.6 Å². The van der Waals surface area contributed by atoms with Gasteiger partial charge in [0, 0.05) is 11.8 Å². The van der Waals surface area contributed by atoms with Crippen molar-refractivity contribution in [3.63, 3.8) is 0 Å². The van der Waals surface area contributed by atoms with Gasteiger partial charge in [-0.05, 0) is 35.4 Å². The number of hydrogen-bond acceptors (Lipinski definition) is 4. The highest BCUT2D eigenvalue weighted by molar-refractivity contribution is 7.90. The molecule has 0 spiro atoms. The molecule has 3 rings (SSSR count). The van der Waals surface area contributed by atoms with Gasteiger partial charge in [-0.3, -0.25) is 4.79 Å². The molecule has 0 radical (unpaired) electrons. The Labute approximate surface area is 173 Å². The third-order valence-electron chi connectivity index (χ3n) is 4.17. The van der Waals surface area contributed by atoms with E-state index >= 15 is 0 Å². The fourth-order valence-corrected chi connectivity index (χ4v) is 3.55. The van der Waals surface area contributed by atoms with Crippen molar-refractivity contribution in [3.8, 4) is 22.3 Å². The molecule has 1 heterocycles. The van der Waals surface area contributed by atoms with E-state index in [9.17, 15) is 30.8 Å². The van der Waals surface area contributed by atoms with Crippen LogP contribution in [0, 0.1) is 5.82 Å². The molecule has 0 fully saturated rings. The van der Waals surface area contributed by atoms with Gasteiger partial charge in [0.1, 0.15) is 12.4 Å². The van der Waals surface area contributed by atoms with Crippen LogP contribution in [-0.4, -0.2) is 30.6 Å². The molecule has 0 unspecified atom stereocenters. The van der Waals surface area contributed by atoms with Gasteiger partial charge in [-0.25, -0.2) is 17.5 Å². The molecule has 5 nitrogen and oxygen atoms in total. The molecule has 0 amide bonds. The summed E-state index contributed by atoms with van der Waals surface area (Å²) in [7, 11) is -3.48. The summed E-state index contributed by atoms with van der Waals surface area (Å²) in [6.07, 6.45) is -2.63. The van der Waals surface area contributed by atoms with Gasteiger partial charge in [0.15, 0.2) is 9.84 Å². The Morgan fingerprint density at radius 3 is 2.20 bits per heavy atom. The molecule has 3 aromatic rings. The Morgan fingerprint density at radius 1 is 1.07 bits per heavy atom. The van der Waals surface area contributed by atoms with E-state index in [1.807, 2.05) is 0 Å². The van der Waals surface area contributed by atoms with Crippen molar-refractivity contribution in [2.24, 2.45) is 0 Å². The van der Waals surface area contributed by atoms with Crippen LogP contribution in [0.4, 0.5) is 17.6 Å². The molecule has 158 valence electrons. The van der Waals surface area contributed by atoms with E-state index in [2.05, 4.69) is 5.10 Å². The third-order valence-corrected chi connectivity index (χ3v) is 5.61. The number of halogens is 5. The minimum atomic E-state index is -4.70. The zero-order valence-corrected chi connectivity index (χ0v) is 16.8. The Balaban J connectivity index is 2.26. The summed E-state index contributed by atoms with van der Waals surface area (Å²) in [5, 5.41) is 3.36. The standard InChI is InChI=1S/C19H13ClF4N2O3S/c1-30(28,29)13-5-2-11(3-6-13)14-9-25-26(10-19(22,23)24)18(27)17(14)12-4-7-15(20)16(21)8-12/h2-9H,10H2,1H3. The highest BCUT2D eigenvalue weighted by Crippen LogP contribution is 2.31. The monoisotopic (exact) mass is 460 g/mol. The zero-order chi connectivity index (χ0) is 22.3. The fraction of sp³-hybridized carbons (Fsp3) is 0.158. The first kappa shape index (κ1) is 22.0. The van der Waals surface area contributed by atoms with Crippen LogP contribution in [0.2, 0.25) is 5.02 Å². The van der Waals surface area contributed by atoms with E-state index in [4.69, 9.17) is 11.6 Å². The lowest BCUT2D eigenvalue weighted by molar-refractivity contribution is -0.143. The first-order valence-electron chi connectivity index (χ1n) is 8.29. The molecule has 0 atom stereocenters. The molecule has 0 saturated heterocycles. The average molecular weight is 461 g/mol. The summed E-state index contributed by atoms with van der Waals surface area (Å²) < 4.78 is 76.0. The number of sulfone groups is 1. The van der Waals surface area contributed by atoms with Crippen LogP contribution < -0.4 is 5.56 Å². The maximum absolute atomic E-state index is 14.0. The van der Waals surface area contributed by atoms with Crippen molar-refractivity contribution in [2.75, 3.05) is 6.26 Å². The smallest absolute Gasteiger partial charge is 0.267 e. The molecule has 2 aromatic carbocycles. The molecule has 0 aliphatic heterocycles. The molecule has 0 saturated carbocycles. The van der Waals surface area contributed by atoms with E-state index in [1.165, 1.54) is 36.4 Å². The second-order valence-electron chi connectivity index (χ2n) is 6.44. The first-order chi connectivity index (χ1) is 13.9. The molecule has 0 aliphatic rings. The lowest BCUT2D eigenvalue weighted by atomic mass is 9.97. The maximum Gasteiger partial charge on any atom is 0.408 e. The Bertz CT molecular complexity index is 1270. The first-order valence-corrected chi connectivity index (χ1v) is 10.6. The minimum absolute atomic E-state index is 0.00224. The molecule has 0 bridgehead atoms. The van der Waals surface area contributed by atoms with Gasteiger partial charge in [-0.15, -0.1) is 0 Å². The Hall–Kier alpha value is -2.72. The summed E-state index contributed by atoms with van der Waals surface area (Å²) in [5.74, 6) is -0.855. The zero-order valence-electron chi connectivity index (χ0n) is 15.2. The highest BCUT2D eigenvalue weighted by atomic mass is 35.5. The van der Waals surface area contributed by atoms with Crippen LogP contribution in [0.3, 0.4) is 0 Å². The topological polar surface area (TPSA) is 69.0 Å². The average Bonchev–Trinajstić information content (AvgIpc) is 2.64. The summed E-state index contributed by atoms with van der Waals surface area (Å²) in [5.41, 5.74) is -0.880. The van der Waals surface area contributed by atoms with Crippen molar-refractivity contribution >= 4 is 21.4 Å². The molecular weight excluding hydrogens is 448 g/mol. The molecule has 30 heavy (non-hydrogen) atoms. The summed E-state index contributed by atoms with van der Waals surface area (Å²) in [6, 6.07) is 8.76. The Kier molecular flexibility index (Phi) is 5.74. The van der Waals surface area contributed by atoms with E-state index in [0.29, 0.717) is 5.56 Å². The number of aromatic nitrogens is 2. The van der Waals surface area contributed by atoms with Crippen LogP contribution in [0.25, 0.3) is 22.3 Å². The van der Waals surface area contributed by atoms with Gasteiger partial charge in [-0.1, -0.05) is 29.8 Å². The van der Waals surface area contributed by atoms with E-state index in [0.717, 1.165) is 18.5 Å². The number of hydrogen-bond donors (Lipinski definition) is 0. The van der Waals surface area contributed by atoms with Gasteiger partial charge in [-0.2, -0.15) is 18.3 Å². The largest absolute Gasteiger partial charge is 0.408 e. The van der Waals surface area contributed by atoms with Crippen LogP contribution in [0.5, 0.6) is 0 Å². The van der Waals surface area contributed by atoms with Gasteiger partial charge >= 0.3 is 6.18 Å². The molecule has 1 aromatic heterocycles. The van der Waals surface area contributed by atoms with E-state index < -0.39 is 33.9 Å². The fourth-order valence-electron chi connectivity index (χ4n) is 2.80. The number of rotatable bonds is 4. The number of benzene rings is 2. The predicted molar refractivity (Wildman–Crippen MR) is 104 cm³/mol. The summed E-state index contributed by atoms with van der Waals surface area (Å²) in [6.45, 7) is -1.62. The van der Waals surface area contributed by atoms with Crippen LogP contribution in [0.15, 0.2) is 58.4 Å². The van der Waals surface area contributed by atoms with Crippen LogP contribution in [0.1, 0.15) is 0 Å². The van der Waals surface area contributed by atoms with Crippen molar-refractivity contribution in [3.05, 3.63) is 69.9 Å². The van der Waals surface area contributed by atoms with Crippen molar-refractivity contribution < 1.29 is 26.0 Å². The van der Waals surface area contributed by atoms with E-state index in [-0.39, 0.29) is 31.3 Å². The second-order valence-corrected chi connectivity index (χ2v) is 8.86. The van der Waals surface area contributed by atoms with Crippen molar-refractivity contribution in [1.29, 1.82) is 0 Å². The second kappa shape index (κ2) is 7.84.